The molecule has 0 aromatic carbocycles. The second kappa shape index (κ2) is 6.91. The van der Waals surface area contributed by atoms with Gasteiger partial charge in [-0.25, -0.2) is 4.98 Å². The molecule has 128 valence electrons. The Morgan fingerprint density at radius 1 is 1.33 bits per heavy atom. The number of nitrogens with zero attached hydrogens (tertiary/aromatic N) is 4. The molecule has 3 atom stereocenters. The zero-order valence-corrected chi connectivity index (χ0v) is 14.0. The van der Waals surface area contributed by atoms with Crippen LogP contribution in [0, 0.1) is 5.92 Å². The normalized spacial score (nSPS) is 27.1. The second-order valence-corrected chi connectivity index (χ2v) is 6.79. The fourth-order valence-corrected chi connectivity index (χ4v) is 3.88. The maximum atomic E-state index is 6.02. The zero-order valence-electron chi connectivity index (χ0n) is 14.0. The molecule has 0 N–H and O–H groups in total. The summed E-state index contributed by atoms with van der Waals surface area (Å²) in [6.07, 6.45) is 8.34. The number of hydrogen-bond donors (Lipinski definition) is 0. The Labute approximate surface area is 142 Å². The Morgan fingerprint density at radius 3 is 3.08 bits per heavy atom. The average molecular weight is 328 g/mol. The van der Waals surface area contributed by atoms with Crippen molar-refractivity contribution < 1.29 is 9.47 Å². The summed E-state index contributed by atoms with van der Waals surface area (Å²) in [5, 5.41) is 4.28. The van der Waals surface area contributed by atoms with E-state index < -0.39 is 0 Å². The van der Waals surface area contributed by atoms with Gasteiger partial charge in [-0.1, -0.05) is 6.07 Å². The molecule has 0 radical (unpaired) electrons. The number of ether oxygens (including phenoxy) is 2. The van der Waals surface area contributed by atoms with Gasteiger partial charge in [0, 0.05) is 50.2 Å². The highest BCUT2D eigenvalue weighted by Gasteiger charge is 2.41. The smallest absolute Gasteiger partial charge is 0.213 e. The number of hydrogen-bond acceptors (Lipinski definition) is 5. The first-order valence-corrected chi connectivity index (χ1v) is 8.65. The highest BCUT2D eigenvalue weighted by atomic mass is 16.5. The molecule has 2 aromatic heterocycles. The molecular formula is C18H24N4O2. The summed E-state index contributed by atoms with van der Waals surface area (Å²) in [6, 6.07) is 6.25. The zero-order chi connectivity index (χ0) is 16.4. The lowest BCUT2D eigenvalue weighted by atomic mass is 10.1. The van der Waals surface area contributed by atoms with Gasteiger partial charge in [-0.2, -0.15) is 5.10 Å². The van der Waals surface area contributed by atoms with Crippen LogP contribution in [0.3, 0.4) is 0 Å². The number of rotatable bonds is 5. The van der Waals surface area contributed by atoms with Crippen LogP contribution in [0.4, 0.5) is 0 Å². The van der Waals surface area contributed by atoms with E-state index in [1.807, 2.05) is 36.1 Å². The third-order valence-corrected chi connectivity index (χ3v) is 5.00. The van der Waals surface area contributed by atoms with Crippen molar-refractivity contribution in [3.63, 3.8) is 0 Å². The van der Waals surface area contributed by atoms with Crippen molar-refractivity contribution in [2.24, 2.45) is 13.0 Å². The van der Waals surface area contributed by atoms with E-state index in [9.17, 15) is 0 Å². The number of fused-ring (bicyclic) bond motifs is 1. The molecule has 2 aliphatic rings. The first-order chi connectivity index (χ1) is 11.8. The molecule has 6 nitrogen and oxygen atoms in total. The van der Waals surface area contributed by atoms with Gasteiger partial charge in [0.1, 0.15) is 0 Å². The van der Waals surface area contributed by atoms with E-state index in [4.69, 9.17) is 9.47 Å². The van der Waals surface area contributed by atoms with Gasteiger partial charge in [0.05, 0.1) is 25.5 Å². The Kier molecular flexibility index (Phi) is 4.49. The monoisotopic (exact) mass is 328 g/mol. The largest absolute Gasteiger partial charge is 0.477 e. The molecule has 1 saturated heterocycles. The molecule has 0 bridgehead atoms. The summed E-state index contributed by atoms with van der Waals surface area (Å²) < 4.78 is 13.7. The van der Waals surface area contributed by atoms with Gasteiger partial charge < -0.3 is 9.47 Å². The van der Waals surface area contributed by atoms with E-state index in [1.165, 1.54) is 5.56 Å². The van der Waals surface area contributed by atoms with Crippen LogP contribution in [-0.4, -0.2) is 51.6 Å². The highest BCUT2D eigenvalue weighted by molar-refractivity contribution is 5.09. The lowest BCUT2D eigenvalue weighted by molar-refractivity contribution is -0.0590. The Balaban J connectivity index is 1.35. The van der Waals surface area contributed by atoms with Crippen LogP contribution in [0.1, 0.15) is 18.4 Å². The summed E-state index contributed by atoms with van der Waals surface area (Å²) in [6.45, 7) is 3.47. The van der Waals surface area contributed by atoms with Crippen LogP contribution in [0.2, 0.25) is 0 Å². The summed E-state index contributed by atoms with van der Waals surface area (Å²) in [7, 11) is 1.96. The van der Waals surface area contributed by atoms with Gasteiger partial charge in [0.15, 0.2) is 0 Å². The van der Waals surface area contributed by atoms with E-state index in [1.54, 1.807) is 6.20 Å². The van der Waals surface area contributed by atoms with Crippen LogP contribution >= 0.6 is 0 Å². The maximum absolute atomic E-state index is 6.02. The highest BCUT2D eigenvalue weighted by Crippen LogP contribution is 2.35. The van der Waals surface area contributed by atoms with E-state index in [2.05, 4.69) is 21.2 Å². The quantitative estimate of drug-likeness (QED) is 0.839. The van der Waals surface area contributed by atoms with Crippen molar-refractivity contribution in [2.75, 3.05) is 19.8 Å². The summed E-state index contributed by atoms with van der Waals surface area (Å²) in [5.74, 6) is 1.23. The van der Waals surface area contributed by atoms with E-state index in [0.29, 0.717) is 30.6 Å². The fourth-order valence-electron chi connectivity index (χ4n) is 3.88. The molecular weight excluding hydrogens is 304 g/mol. The number of aryl methyl sites for hydroxylation is 1. The van der Waals surface area contributed by atoms with Gasteiger partial charge >= 0.3 is 0 Å². The maximum Gasteiger partial charge on any atom is 0.213 e. The lowest BCUT2D eigenvalue weighted by Gasteiger charge is -2.37. The summed E-state index contributed by atoms with van der Waals surface area (Å²) >= 11 is 0. The summed E-state index contributed by atoms with van der Waals surface area (Å²) in [4.78, 5) is 6.78. The third-order valence-electron chi connectivity index (χ3n) is 5.00. The van der Waals surface area contributed by atoms with Crippen LogP contribution in [0.5, 0.6) is 5.88 Å². The van der Waals surface area contributed by atoms with Crippen molar-refractivity contribution in [1.29, 1.82) is 0 Å². The van der Waals surface area contributed by atoms with Crippen LogP contribution in [0.15, 0.2) is 36.8 Å². The molecule has 1 unspecified atom stereocenters. The molecule has 0 amide bonds. The predicted molar refractivity (Wildman–Crippen MR) is 89.6 cm³/mol. The SMILES string of the molecule is Cn1cc(CN2CCO[C@@H]3CC(COc4ccccn4)C[C@H]32)cn1. The van der Waals surface area contributed by atoms with E-state index in [0.717, 1.165) is 32.5 Å². The molecule has 1 aliphatic heterocycles. The number of aromatic nitrogens is 3. The van der Waals surface area contributed by atoms with Gasteiger partial charge in [0.25, 0.3) is 0 Å². The van der Waals surface area contributed by atoms with Gasteiger partial charge in [0.2, 0.25) is 5.88 Å². The average Bonchev–Trinajstić information content (AvgIpc) is 3.20. The molecule has 2 fully saturated rings. The van der Waals surface area contributed by atoms with Crippen LogP contribution < -0.4 is 4.74 Å². The lowest BCUT2D eigenvalue weighted by Crippen LogP contribution is -2.47. The fraction of sp³-hybridized carbons (Fsp3) is 0.556. The van der Waals surface area contributed by atoms with Gasteiger partial charge in [-0.15, -0.1) is 0 Å². The Morgan fingerprint density at radius 2 is 2.29 bits per heavy atom. The minimum Gasteiger partial charge on any atom is -0.477 e. The van der Waals surface area contributed by atoms with E-state index in [-0.39, 0.29) is 0 Å². The first-order valence-electron chi connectivity index (χ1n) is 8.65. The molecule has 3 heterocycles. The molecule has 4 rings (SSSR count). The van der Waals surface area contributed by atoms with Crippen LogP contribution in [0.25, 0.3) is 0 Å². The second-order valence-electron chi connectivity index (χ2n) is 6.79. The molecule has 24 heavy (non-hydrogen) atoms. The number of pyridine rings is 1. The van der Waals surface area contributed by atoms with Crippen molar-refractivity contribution >= 4 is 0 Å². The molecule has 0 spiro atoms. The molecule has 2 aromatic rings. The standard InChI is InChI=1S/C18H24N4O2/c1-21-11-15(10-20-21)12-22-6-7-23-17-9-14(8-16(17)22)13-24-18-4-2-3-5-19-18/h2-5,10-11,14,16-17H,6-9,12-13H2,1H3/t14?,16-,17-/m1/s1. The Hall–Kier alpha value is -1.92. The minimum atomic E-state index is 0.327. The van der Waals surface area contributed by atoms with Gasteiger partial charge in [-0.05, 0) is 24.8 Å². The van der Waals surface area contributed by atoms with Crippen LogP contribution in [-0.2, 0) is 18.3 Å². The Bertz CT molecular complexity index is 660. The predicted octanol–water partition coefficient (Wildman–Crippen LogP) is 1.87. The topological polar surface area (TPSA) is 52.4 Å². The minimum absolute atomic E-state index is 0.327. The van der Waals surface area contributed by atoms with E-state index >= 15 is 0 Å². The van der Waals surface area contributed by atoms with Crippen molar-refractivity contribution in [2.45, 2.75) is 31.5 Å². The number of morpholine rings is 1. The summed E-state index contributed by atoms with van der Waals surface area (Å²) in [5.41, 5.74) is 1.27. The van der Waals surface area contributed by atoms with Crippen molar-refractivity contribution in [3.05, 3.63) is 42.4 Å². The van der Waals surface area contributed by atoms with Crippen molar-refractivity contribution in [3.8, 4) is 5.88 Å². The molecule has 1 saturated carbocycles. The molecule has 6 heteroatoms. The third kappa shape index (κ3) is 3.44. The van der Waals surface area contributed by atoms with Crippen molar-refractivity contribution in [1.82, 2.24) is 19.7 Å². The molecule has 1 aliphatic carbocycles. The van der Waals surface area contributed by atoms with Gasteiger partial charge in [-0.3, -0.25) is 9.58 Å². The first kappa shape index (κ1) is 15.6.